The van der Waals surface area contributed by atoms with Crippen molar-refractivity contribution in [2.45, 2.75) is 24.7 Å². The van der Waals surface area contributed by atoms with E-state index in [4.69, 9.17) is 0 Å². The second-order valence-electron chi connectivity index (χ2n) is 5.99. The average Bonchev–Trinajstić information content (AvgIpc) is 2.57. The molecule has 0 spiro atoms. The van der Waals surface area contributed by atoms with Gasteiger partial charge in [0.05, 0.1) is 16.8 Å². The third kappa shape index (κ3) is 3.82. The van der Waals surface area contributed by atoms with Gasteiger partial charge in [-0.05, 0) is 43.0 Å². The van der Waals surface area contributed by atoms with Crippen LogP contribution in [0.3, 0.4) is 0 Å². The Bertz CT molecular complexity index is 737. The van der Waals surface area contributed by atoms with Crippen molar-refractivity contribution in [2.24, 2.45) is 5.92 Å². The van der Waals surface area contributed by atoms with Gasteiger partial charge in [-0.2, -0.15) is 0 Å². The van der Waals surface area contributed by atoms with Crippen LogP contribution < -0.4 is 9.62 Å². The van der Waals surface area contributed by atoms with Crippen LogP contribution in [0.2, 0.25) is 0 Å². The Morgan fingerprint density at radius 3 is 2.39 bits per heavy atom. The fourth-order valence-corrected chi connectivity index (χ4v) is 3.75. The molecular weight excluding hydrogens is 310 g/mol. The normalized spacial score (nSPS) is 16.3. The van der Waals surface area contributed by atoms with E-state index in [0.29, 0.717) is 5.69 Å². The van der Waals surface area contributed by atoms with E-state index in [2.05, 4.69) is 21.5 Å². The van der Waals surface area contributed by atoms with Gasteiger partial charge in [0, 0.05) is 13.1 Å². The highest BCUT2D eigenvalue weighted by atomic mass is 32.2. The molecule has 1 aromatic heterocycles. The van der Waals surface area contributed by atoms with Gasteiger partial charge in [0.15, 0.2) is 0 Å². The predicted octanol–water partition coefficient (Wildman–Crippen LogP) is 3.12. The maximum atomic E-state index is 12.3. The van der Waals surface area contributed by atoms with Crippen molar-refractivity contribution in [3.63, 3.8) is 0 Å². The number of pyridine rings is 1. The predicted molar refractivity (Wildman–Crippen MR) is 92.1 cm³/mol. The van der Waals surface area contributed by atoms with Crippen LogP contribution in [0.15, 0.2) is 53.6 Å². The van der Waals surface area contributed by atoms with Gasteiger partial charge in [-0.3, -0.25) is 4.72 Å². The van der Waals surface area contributed by atoms with E-state index in [1.807, 2.05) is 6.07 Å². The van der Waals surface area contributed by atoms with Crippen molar-refractivity contribution in [1.82, 2.24) is 4.98 Å². The first-order chi connectivity index (χ1) is 11.0. The van der Waals surface area contributed by atoms with E-state index >= 15 is 0 Å². The third-order valence-electron chi connectivity index (χ3n) is 4.16. The molecule has 0 radical (unpaired) electrons. The molecule has 3 rings (SSSR count). The summed E-state index contributed by atoms with van der Waals surface area (Å²) in [6, 6.07) is 12.0. The molecule has 1 aliphatic rings. The second-order valence-corrected chi connectivity index (χ2v) is 7.68. The highest BCUT2D eigenvalue weighted by molar-refractivity contribution is 7.92. The highest BCUT2D eigenvalue weighted by Gasteiger charge is 2.17. The number of aromatic nitrogens is 1. The molecule has 122 valence electrons. The van der Waals surface area contributed by atoms with Crippen LogP contribution in [-0.2, 0) is 10.0 Å². The SMILES string of the molecule is CC1CCN(c2ccc(NS(=O)(=O)c3ccccc3)cn2)CC1. The number of anilines is 2. The summed E-state index contributed by atoms with van der Waals surface area (Å²) in [7, 11) is -3.56. The zero-order chi connectivity index (χ0) is 16.3. The van der Waals surface area contributed by atoms with Crippen molar-refractivity contribution in [3.05, 3.63) is 48.7 Å². The molecule has 5 nitrogen and oxygen atoms in total. The Kier molecular flexibility index (Phi) is 4.52. The Morgan fingerprint density at radius 2 is 1.78 bits per heavy atom. The minimum Gasteiger partial charge on any atom is -0.357 e. The standard InChI is InChI=1S/C17H21N3O2S/c1-14-9-11-20(12-10-14)17-8-7-15(13-18-17)19-23(21,22)16-5-3-2-4-6-16/h2-8,13-14,19H,9-12H2,1H3. The molecule has 2 heterocycles. The molecule has 1 fully saturated rings. The van der Waals surface area contributed by atoms with Crippen LogP contribution in [0, 0.1) is 5.92 Å². The number of nitrogens with zero attached hydrogens (tertiary/aromatic N) is 2. The van der Waals surface area contributed by atoms with Crippen LogP contribution in [-0.4, -0.2) is 26.5 Å². The Labute approximate surface area is 137 Å². The molecule has 0 amide bonds. The van der Waals surface area contributed by atoms with E-state index in [0.717, 1.165) is 24.8 Å². The first-order valence-electron chi connectivity index (χ1n) is 7.83. The van der Waals surface area contributed by atoms with E-state index in [1.165, 1.54) is 12.8 Å². The summed E-state index contributed by atoms with van der Waals surface area (Å²) in [5.74, 6) is 1.67. The lowest BCUT2D eigenvalue weighted by molar-refractivity contribution is 0.436. The Hall–Kier alpha value is -2.08. The molecule has 23 heavy (non-hydrogen) atoms. The van der Waals surface area contributed by atoms with Crippen molar-refractivity contribution in [1.29, 1.82) is 0 Å². The molecular formula is C17H21N3O2S. The number of sulfonamides is 1. The number of piperidine rings is 1. The molecule has 0 bridgehead atoms. The lowest BCUT2D eigenvalue weighted by atomic mass is 9.99. The van der Waals surface area contributed by atoms with Crippen molar-refractivity contribution in [3.8, 4) is 0 Å². The fraction of sp³-hybridized carbons (Fsp3) is 0.353. The molecule has 1 aliphatic heterocycles. The van der Waals surface area contributed by atoms with Crippen molar-refractivity contribution < 1.29 is 8.42 Å². The van der Waals surface area contributed by atoms with Gasteiger partial charge in [-0.25, -0.2) is 13.4 Å². The van der Waals surface area contributed by atoms with Crippen LogP contribution in [0.1, 0.15) is 19.8 Å². The fourth-order valence-electron chi connectivity index (χ4n) is 2.68. The lowest BCUT2D eigenvalue weighted by Crippen LogP contribution is -2.33. The van der Waals surface area contributed by atoms with Crippen molar-refractivity contribution in [2.75, 3.05) is 22.7 Å². The van der Waals surface area contributed by atoms with Gasteiger partial charge in [-0.1, -0.05) is 25.1 Å². The van der Waals surface area contributed by atoms with Crippen LogP contribution in [0.4, 0.5) is 11.5 Å². The zero-order valence-electron chi connectivity index (χ0n) is 13.1. The summed E-state index contributed by atoms with van der Waals surface area (Å²) in [5.41, 5.74) is 0.475. The van der Waals surface area contributed by atoms with Gasteiger partial charge in [0.1, 0.15) is 5.82 Å². The number of hydrogen-bond donors (Lipinski definition) is 1. The number of hydrogen-bond acceptors (Lipinski definition) is 4. The molecule has 1 saturated heterocycles. The van der Waals surface area contributed by atoms with Crippen LogP contribution in [0.25, 0.3) is 0 Å². The molecule has 1 aromatic carbocycles. The van der Waals surface area contributed by atoms with Gasteiger partial charge >= 0.3 is 0 Å². The van der Waals surface area contributed by atoms with Gasteiger partial charge in [0.2, 0.25) is 0 Å². The monoisotopic (exact) mass is 331 g/mol. The van der Waals surface area contributed by atoms with Crippen LogP contribution >= 0.6 is 0 Å². The number of benzene rings is 1. The lowest BCUT2D eigenvalue weighted by Gasteiger charge is -2.31. The van der Waals surface area contributed by atoms with E-state index in [9.17, 15) is 8.42 Å². The number of nitrogens with one attached hydrogen (secondary N) is 1. The molecule has 0 saturated carbocycles. The quantitative estimate of drug-likeness (QED) is 0.935. The third-order valence-corrected chi connectivity index (χ3v) is 5.56. The maximum Gasteiger partial charge on any atom is 0.261 e. The number of rotatable bonds is 4. The molecule has 0 aliphatic carbocycles. The topological polar surface area (TPSA) is 62.3 Å². The summed E-state index contributed by atoms with van der Waals surface area (Å²) >= 11 is 0. The van der Waals surface area contributed by atoms with Gasteiger partial charge in [0.25, 0.3) is 10.0 Å². The molecule has 0 unspecified atom stereocenters. The zero-order valence-corrected chi connectivity index (χ0v) is 14.0. The second kappa shape index (κ2) is 6.58. The van der Waals surface area contributed by atoms with E-state index in [1.54, 1.807) is 42.6 Å². The first-order valence-corrected chi connectivity index (χ1v) is 9.32. The molecule has 6 heteroatoms. The van der Waals surface area contributed by atoms with Crippen LogP contribution in [0.5, 0.6) is 0 Å². The van der Waals surface area contributed by atoms with E-state index < -0.39 is 10.0 Å². The highest BCUT2D eigenvalue weighted by Crippen LogP contribution is 2.23. The largest absolute Gasteiger partial charge is 0.357 e. The van der Waals surface area contributed by atoms with Gasteiger partial charge < -0.3 is 4.90 Å². The first kappa shape index (κ1) is 15.8. The average molecular weight is 331 g/mol. The minimum absolute atomic E-state index is 0.245. The van der Waals surface area contributed by atoms with Gasteiger partial charge in [-0.15, -0.1) is 0 Å². The molecule has 1 N–H and O–H groups in total. The molecule has 0 atom stereocenters. The smallest absolute Gasteiger partial charge is 0.261 e. The molecule has 2 aromatic rings. The Balaban J connectivity index is 1.70. The summed E-state index contributed by atoms with van der Waals surface area (Å²) in [4.78, 5) is 6.89. The minimum atomic E-state index is -3.56. The Morgan fingerprint density at radius 1 is 1.09 bits per heavy atom. The summed E-state index contributed by atoms with van der Waals surface area (Å²) in [5, 5.41) is 0. The summed E-state index contributed by atoms with van der Waals surface area (Å²) in [6.07, 6.45) is 3.92. The summed E-state index contributed by atoms with van der Waals surface area (Å²) in [6.45, 7) is 4.28. The van der Waals surface area contributed by atoms with E-state index in [-0.39, 0.29) is 4.90 Å². The van der Waals surface area contributed by atoms with Crippen molar-refractivity contribution >= 4 is 21.5 Å². The summed E-state index contributed by atoms with van der Waals surface area (Å²) < 4.78 is 27.1. The maximum absolute atomic E-state index is 12.3.